The minimum atomic E-state index is -0.316. The molecule has 1 aromatic carbocycles. The second kappa shape index (κ2) is 6.69. The highest BCUT2D eigenvalue weighted by Crippen LogP contribution is 2.26. The Morgan fingerprint density at radius 1 is 1.22 bits per heavy atom. The Labute approximate surface area is 153 Å². The molecule has 138 valence electrons. The lowest BCUT2D eigenvalue weighted by Crippen LogP contribution is -2.22. The van der Waals surface area contributed by atoms with Crippen LogP contribution in [0.25, 0.3) is 16.8 Å². The van der Waals surface area contributed by atoms with Gasteiger partial charge >= 0.3 is 0 Å². The molecule has 27 heavy (non-hydrogen) atoms. The molecule has 9 heteroatoms. The van der Waals surface area contributed by atoms with Gasteiger partial charge in [0.05, 0.1) is 19.4 Å². The van der Waals surface area contributed by atoms with Crippen molar-refractivity contribution in [1.29, 1.82) is 0 Å². The molecule has 0 atom stereocenters. The van der Waals surface area contributed by atoms with Crippen molar-refractivity contribution in [2.24, 2.45) is 0 Å². The molecular formula is C18H17N5O4. The quantitative estimate of drug-likeness (QED) is 0.568. The van der Waals surface area contributed by atoms with E-state index in [1.54, 1.807) is 38.6 Å². The molecule has 0 unspecified atom stereocenters. The summed E-state index contributed by atoms with van der Waals surface area (Å²) in [5.74, 6) is 1.55. The topological polar surface area (TPSA) is 108 Å². The third-order valence-corrected chi connectivity index (χ3v) is 4.26. The molecule has 0 radical (unpaired) electrons. The highest BCUT2D eigenvalue weighted by Gasteiger charge is 2.18. The van der Waals surface area contributed by atoms with E-state index in [1.807, 2.05) is 12.1 Å². The van der Waals surface area contributed by atoms with Crippen LogP contribution in [0.5, 0.6) is 5.75 Å². The molecule has 0 amide bonds. The molecule has 3 aromatic heterocycles. The van der Waals surface area contributed by atoms with Crippen molar-refractivity contribution in [2.75, 3.05) is 7.11 Å². The van der Waals surface area contributed by atoms with Crippen LogP contribution in [-0.4, -0.2) is 36.5 Å². The summed E-state index contributed by atoms with van der Waals surface area (Å²) in [5, 5.41) is 18.1. The summed E-state index contributed by atoms with van der Waals surface area (Å²) in [5.41, 5.74) is 1.79. The SMILES string of the molecule is COc1ccc(-c2nn3ccn(Cc4nc(C)no4)c(=O)c3c2CO)cc1. The van der Waals surface area contributed by atoms with Crippen molar-refractivity contribution >= 4 is 5.52 Å². The molecule has 0 bridgehead atoms. The number of rotatable bonds is 5. The van der Waals surface area contributed by atoms with Gasteiger partial charge in [0.1, 0.15) is 17.8 Å². The minimum absolute atomic E-state index is 0.143. The molecule has 0 spiro atoms. The zero-order chi connectivity index (χ0) is 19.0. The number of methoxy groups -OCH3 is 1. The number of aliphatic hydroxyl groups excluding tert-OH is 1. The smallest absolute Gasteiger partial charge is 0.277 e. The second-order valence-electron chi connectivity index (χ2n) is 5.97. The lowest BCUT2D eigenvalue weighted by atomic mass is 10.1. The maximum absolute atomic E-state index is 12.9. The molecule has 0 fully saturated rings. The van der Waals surface area contributed by atoms with Gasteiger partial charge in [-0.3, -0.25) is 4.79 Å². The summed E-state index contributed by atoms with van der Waals surface area (Å²) in [4.78, 5) is 17.1. The molecule has 0 saturated carbocycles. The summed E-state index contributed by atoms with van der Waals surface area (Å²) in [7, 11) is 1.59. The van der Waals surface area contributed by atoms with Gasteiger partial charge in [-0.05, 0) is 31.2 Å². The molecule has 4 rings (SSSR count). The average molecular weight is 367 g/mol. The Balaban J connectivity index is 1.83. The lowest BCUT2D eigenvalue weighted by Gasteiger charge is -2.04. The van der Waals surface area contributed by atoms with Crippen LogP contribution in [0.4, 0.5) is 0 Å². The number of aryl methyl sites for hydroxylation is 1. The van der Waals surface area contributed by atoms with E-state index in [4.69, 9.17) is 9.26 Å². The fraction of sp³-hybridized carbons (Fsp3) is 0.222. The van der Waals surface area contributed by atoms with Crippen LogP contribution < -0.4 is 10.3 Å². The molecule has 4 aromatic rings. The number of fused-ring (bicyclic) bond motifs is 1. The minimum Gasteiger partial charge on any atom is -0.497 e. The fourth-order valence-electron chi connectivity index (χ4n) is 2.96. The fourth-order valence-corrected chi connectivity index (χ4v) is 2.96. The van der Waals surface area contributed by atoms with Crippen LogP contribution in [-0.2, 0) is 13.2 Å². The largest absolute Gasteiger partial charge is 0.497 e. The average Bonchev–Trinajstić information content (AvgIpc) is 3.27. The van der Waals surface area contributed by atoms with E-state index in [-0.39, 0.29) is 18.7 Å². The number of hydrogen-bond acceptors (Lipinski definition) is 7. The van der Waals surface area contributed by atoms with E-state index in [0.717, 1.165) is 5.56 Å². The third-order valence-electron chi connectivity index (χ3n) is 4.26. The first-order valence-corrected chi connectivity index (χ1v) is 8.26. The Bertz CT molecular complexity index is 1160. The summed E-state index contributed by atoms with van der Waals surface area (Å²) >= 11 is 0. The number of ether oxygens (including phenoxy) is 1. The normalized spacial score (nSPS) is 11.2. The molecule has 0 aliphatic rings. The summed E-state index contributed by atoms with van der Waals surface area (Å²) in [6, 6.07) is 7.27. The zero-order valence-electron chi connectivity index (χ0n) is 14.8. The predicted molar refractivity (Wildman–Crippen MR) is 95.5 cm³/mol. The van der Waals surface area contributed by atoms with Gasteiger partial charge in [-0.2, -0.15) is 10.1 Å². The van der Waals surface area contributed by atoms with Crippen LogP contribution in [0.2, 0.25) is 0 Å². The van der Waals surface area contributed by atoms with Gasteiger partial charge in [0.2, 0.25) is 5.89 Å². The molecule has 0 aliphatic carbocycles. The first-order valence-electron chi connectivity index (χ1n) is 8.26. The van der Waals surface area contributed by atoms with E-state index < -0.39 is 0 Å². The maximum atomic E-state index is 12.9. The molecule has 0 aliphatic heterocycles. The van der Waals surface area contributed by atoms with Crippen LogP contribution in [0, 0.1) is 6.92 Å². The van der Waals surface area contributed by atoms with Gasteiger partial charge in [-0.25, -0.2) is 4.52 Å². The predicted octanol–water partition coefficient (Wildman–Crippen LogP) is 1.40. The van der Waals surface area contributed by atoms with E-state index in [9.17, 15) is 9.90 Å². The van der Waals surface area contributed by atoms with Crippen molar-refractivity contribution < 1.29 is 14.4 Å². The van der Waals surface area contributed by atoms with Crippen LogP contribution in [0.3, 0.4) is 0 Å². The van der Waals surface area contributed by atoms with E-state index in [2.05, 4.69) is 15.2 Å². The van der Waals surface area contributed by atoms with Crippen LogP contribution in [0.1, 0.15) is 17.3 Å². The van der Waals surface area contributed by atoms with Crippen molar-refractivity contribution in [3.8, 4) is 17.0 Å². The Morgan fingerprint density at radius 2 is 2.00 bits per heavy atom. The number of aliphatic hydroxyl groups is 1. The number of nitrogens with zero attached hydrogens (tertiary/aromatic N) is 5. The summed E-state index contributed by atoms with van der Waals surface area (Å²) in [6.45, 7) is 1.54. The number of aromatic nitrogens is 5. The van der Waals surface area contributed by atoms with E-state index >= 15 is 0 Å². The molecule has 9 nitrogen and oxygen atoms in total. The van der Waals surface area contributed by atoms with Gasteiger partial charge in [0.15, 0.2) is 5.82 Å². The van der Waals surface area contributed by atoms with E-state index in [1.165, 1.54) is 9.08 Å². The van der Waals surface area contributed by atoms with Gasteiger partial charge in [-0.15, -0.1) is 0 Å². The van der Waals surface area contributed by atoms with E-state index in [0.29, 0.717) is 34.2 Å². The second-order valence-corrected chi connectivity index (χ2v) is 5.97. The highest BCUT2D eigenvalue weighted by molar-refractivity contribution is 5.72. The molecule has 0 saturated heterocycles. The van der Waals surface area contributed by atoms with Crippen molar-refractivity contribution in [1.82, 2.24) is 24.3 Å². The van der Waals surface area contributed by atoms with Crippen LogP contribution in [0.15, 0.2) is 46.0 Å². The first-order chi connectivity index (χ1) is 13.1. The van der Waals surface area contributed by atoms with Gasteiger partial charge in [0, 0.05) is 23.5 Å². The van der Waals surface area contributed by atoms with Gasteiger partial charge in [0.25, 0.3) is 5.56 Å². The molecule has 3 heterocycles. The number of hydrogen-bond donors (Lipinski definition) is 1. The van der Waals surface area contributed by atoms with Crippen molar-refractivity contribution in [3.05, 3.63) is 64.3 Å². The summed E-state index contributed by atoms with van der Waals surface area (Å²) < 4.78 is 13.2. The molecule has 1 N–H and O–H groups in total. The lowest BCUT2D eigenvalue weighted by molar-refractivity contribution is 0.283. The highest BCUT2D eigenvalue weighted by atomic mass is 16.5. The zero-order valence-corrected chi connectivity index (χ0v) is 14.8. The number of benzene rings is 1. The Kier molecular flexibility index (Phi) is 4.21. The Hall–Kier alpha value is -3.46. The summed E-state index contributed by atoms with van der Waals surface area (Å²) in [6.07, 6.45) is 3.26. The van der Waals surface area contributed by atoms with Gasteiger partial charge < -0.3 is 18.9 Å². The van der Waals surface area contributed by atoms with Gasteiger partial charge in [-0.1, -0.05) is 5.16 Å². The first kappa shape index (κ1) is 17.0. The third kappa shape index (κ3) is 2.97. The standard InChI is InChI=1S/C18H17N5O4/c1-11-19-15(27-21-11)9-22-7-8-23-17(18(22)25)14(10-24)16(20-23)12-3-5-13(26-2)6-4-12/h3-8,24H,9-10H2,1-2H3. The monoisotopic (exact) mass is 367 g/mol. The molecular weight excluding hydrogens is 350 g/mol. The van der Waals surface area contributed by atoms with Crippen molar-refractivity contribution in [3.63, 3.8) is 0 Å². The van der Waals surface area contributed by atoms with Crippen molar-refractivity contribution in [2.45, 2.75) is 20.1 Å². The van der Waals surface area contributed by atoms with Crippen LogP contribution >= 0.6 is 0 Å². The Morgan fingerprint density at radius 3 is 2.63 bits per heavy atom. The maximum Gasteiger partial charge on any atom is 0.277 e.